The first-order chi connectivity index (χ1) is 19.5. The van der Waals surface area contributed by atoms with Crippen molar-refractivity contribution in [2.24, 2.45) is 52.1 Å². The number of hydrogen-bond acceptors (Lipinski definition) is 6. The molecule has 41 heavy (non-hydrogen) atoms. The van der Waals surface area contributed by atoms with Crippen molar-refractivity contribution in [1.29, 1.82) is 0 Å². The Kier molecular flexibility index (Phi) is 8.71. The van der Waals surface area contributed by atoms with E-state index in [-0.39, 0.29) is 40.6 Å². The number of aromatic nitrogens is 2. The van der Waals surface area contributed by atoms with Gasteiger partial charge in [0.15, 0.2) is 0 Å². The van der Waals surface area contributed by atoms with E-state index in [4.69, 9.17) is 10.5 Å². The van der Waals surface area contributed by atoms with Crippen LogP contribution >= 0.6 is 0 Å². The van der Waals surface area contributed by atoms with Crippen LogP contribution in [-0.2, 0) is 25.5 Å². The standard InChI is InChI=1S/C33H52N4O4/c1-6-19(2)29(37-30(39)28(34)16-22-17-35-18-36-22)31(40)41-23-11-13-32(4)21(15-23)7-8-24-26-10-9-25(20(3)38)33(26,5)14-12-27(24)32/h17-19,21,23-29H,6-16,34H2,1-5H3,(H,35,36)(H,37,39)/t19?,21-,23+,24-,25+,26-,27-,28-,29-,32-,33+/m0/s1. The number of amides is 1. The number of carbonyl (C=O) groups excluding carboxylic acids is 3. The summed E-state index contributed by atoms with van der Waals surface area (Å²) < 4.78 is 6.17. The molecule has 0 aromatic carbocycles. The zero-order valence-corrected chi connectivity index (χ0v) is 25.8. The lowest BCUT2D eigenvalue weighted by Gasteiger charge is -2.61. The molecular weight excluding hydrogens is 516 g/mol. The van der Waals surface area contributed by atoms with E-state index in [1.807, 2.05) is 13.8 Å². The van der Waals surface area contributed by atoms with Gasteiger partial charge in [-0.05, 0) is 105 Å². The van der Waals surface area contributed by atoms with Crippen molar-refractivity contribution in [3.05, 3.63) is 18.2 Å². The highest BCUT2D eigenvalue weighted by molar-refractivity contribution is 5.87. The van der Waals surface area contributed by atoms with Crippen LogP contribution in [0.25, 0.3) is 0 Å². The third-order valence-electron chi connectivity index (χ3n) is 12.5. The number of ketones is 1. The van der Waals surface area contributed by atoms with Crippen molar-refractivity contribution in [1.82, 2.24) is 15.3 Å². The summed E-state index contributed by atoms with van der Waals surface area (Å²) in [6.45, 7) is 10.7. The first-order valence-corrected chi connectivity index (χ1v) is 16.2. The van der Waals surface area contributed by atoms with E-state index < -0.39 is 12.1 Å². The van der Waals surface area contributed by atoms with Crippen LogP contribution in [-0.4, -0.2) is 45.8 Å². The fourth-order valence-electron chi connectivity index (χ4n) is 9.88. The highest BCUT2D eigenvalue weighted by atomic mass is 16.5. The van der Waals surface area contributed by atoms with Gasteiger partial charge in [0.2, 0.25) is 5.91 Å². The Morgan fingerprint density at radius 2 is 1.83 bits per heavy atom. The van der Waals surface area contributed by atoms with Crippen molar-refractivity contribution in [2.45, 2.75) is 123 Å². The average Bonchev–Trinajstić information content (AvgIpc) is 3.58. The third-order valence-corrected chi connectivity index (χ3v) is 12.5. The zero-order valence-electron chi connectivity index (χ0n) is 25.8. The second-order valence-electron chi connectivity index (χ2n) is 14.5. The van der Waals surface area contributed by atoms with Gasteiger partial charge in [0, 0.05) is 18.5 Å². The number of fused-ring (bicyclic) bond motifs is 5. The number of esters is 1. The van der Waals surface area contributed by atoms with E-state index in [0.717, 1.165) is 32.1 Å². The Labute approximate surface area is 245 Å². The largest absolute Gasteiger partial charge is 0.461 e. The average molecular weight is 569 g/mol. The van der Waals surface area contributed by atoms with Gasteiger partial charge in [-0.1, -0.05) is 34.1 Å². The van der Waals surface area contributed by atoms with Crippen molar-refractivity contribution in [3.8, 4) is 0 Å². The number of Topliss-reactive ketones (excluding diaryl/α,β-unsaturated/α-hetero) is 1. The number of rotatable bonds is 9. The summed E-state index contributed by atoms with van der Waals surface area (Å²) in [5.41, 5.74) is 7.31. The predicted octanol–water partition coefficient (Wildman–Crippen LogP) is 4.97. The molecule has 0 radical (unpaired) electrons. The van der Waals surface area contributed by atoms with Gasteiger partial charge in [0.1, 0.15) is 17.9 Å². The Morgan fingerprint density at radius 3 is 2.51 bits per heavy atom. The molecule has 0 bridgehead atoms. The van der Waals surface area contributed by atoms with Gasteiger partial charge in [0.25, 0.3) is 0 Å². The normalized spacial score (nSPS) is 38.5. The van der Waals surface area contributed by atoms with Crippen LogP contribution in [0.3, 0.4) is 0 Å². The molecule has 1 aromatic heterocycles. The van der Waals surface area contributed by atoms with Crippen LogP contribution in [0.5, 0.6) is 0 Å². The Hall–Kier alpha value is -2.22. The van der Waals surface area contributed by atoms with Gasteiger partial charge in [-0.2, -0.15) is 0 Å². The van der Waals surface area contributed by atoms with Crippen LogP contribution in [0.4, 0.5) is 0 Å². The highest BCUT2D eigenvalue weighted by Gasteiger charge is 2.61. The van der Waals surface area contributed by atoms with Crippen LogP contribution in [0.2, 0.25) is 0 Å². The van der Waals surface area contributed by atoms with Gasteiger partial charge < -0.3 is 20.8 Å². The molecule has 1 amide bonds. The molecular formula is C33H52N4O4. The number of carbonyl (C=O) groups is 3. The monoisotopic (exact) mass is 568 g/mol. The number of aromatic amines is 1. The molecule has 1 unspecified atom stereocenters. The number of nitrogens with two attached hydrogens (primary N) is 1. The van der Waals surface area contributed by atoms with Crippen molar-refractivity contribution in [3.63, 3.8) is 0 Å². The smallest absolute Gasteiger partial charge is 0.329 e. The summed E-state index contributed by atoms with van der Waals surface area (Å²) in [6.07, 6.45) is 14.1. The van der Waals surface area contributed by atoms with Crippen molar-refractivity contribution >= 4 is 17.7 Å². The molecule has 5 rings (SSSR count). The summed E-state index contributed by atoms with van der Waals surface area (Å²) >= 11 is 0. The second-order valence-corrected chi connectivity index (χ2v) is 14.5. The SMILES string of the molecule is CCC(C)[C@H](NC(=O)[C@@H](N)Cc1c[nH]cn1)C(=O)O[C@@H]1CC[C@@]2(C)[C@@H](CC[C@@H]3[C@@H]2CC[C@]2(C)[C@@H](C(C)=O)CC[C@@H]32)C1. The number of H-pyrrole nitrogens is 1. The molecule has 4 fully saturated rings. The van der Waals surface area contributed by atoms with Crippen LogP contribution in [0.15, 0.2) is 12.5 Å². The maximum atomic E-state index is 13.5. The molecule has 1 aromatic rings. The summed E-state index contributed by atoms with van der Waals surface area (Å²) in [7, 11) is 0. The van der Waals surface area contributed by atoms with E-state index in [0.29, 0.717) is 41.6 Å². The van der Waals surface area contributed by atoms with E-state index in [9.17, 15) is 14.4 Å². The minimum atomic E-state index is -0.786. The van der Waals surface area contributed by atoms with E-state index in [1.165, 1.54) is 32.1 Å². The third kappa shape index (κ3) is 5.62. The summed E-state index contributed by atoms with van der Waals surface area (Å²) in [5.74, 6) is 2.51. The molecule has 4 aliphatic carbocycles. The topological polar surface area (TPSA) is 127 Å². The molecule has 8 heteroatoms. The molecule has 228 valence electrons. The van der Waals surface area contributed by atoms with Crippen molar-refractivity contribution in [2.75, 3.05) is 0 Å². The highest BCUT2D eigenvalue weighted by Crippen LogP contribution is 2.67. The summed E-state index contributed by atoms with van der Waals surface area (Å²) in [4.78, 5) is 45.9. The lowest BCUT2D eigenvalue weighted by atomic mass is 9.44. The van der Waals surface area contributed by atoms with Gasteiger partial charge in [-0.3, -0.25) is 9.59 Å². The Morgan fingerprint density at radius 1 is 1.10 bits per heavy atom. The molecule has 0 saturated heterocycles. The predicted molar refractivity (Wildman–Crippen MR) is 157 cm³/mol. The van der Waals surface area contributed by atoms with Gasteiger partial charge in [0.05, 0.1) is 18.1 Å². The van der Waals surface area contributed by atoms with Gasteiger partial charge in [-0.15, -0.1) is 0 Å². The minimum absolute atomic E-state index is 0.0601. The minimum Gasteiger partial charge on any atom is -0.461 e. The van der Waals surface area contributed by atoms with Crippen molar-refractivity contribution < 1.29 is 19.1 Å². The van der Waals surface area contributed by atoms with Gasteiger partial charge in [-0.25, -0.2) is 9.78 Å². The molecule has 0 spiro atoms. The summed E-state index contributed by atoms with van der Waals surface area (Å²) in [6, 6.07) is -1.50. The fraction of sp³-hybridized carbons (Fsp3) is 0.818. The first kappa shape index (κ1) is 30.2. The van der Waals surface area contributed by atoms with Crippen LogP contribution in [0, 0.1) is 46.3 Å². The molecule has 1 heterocycles. The number of hydrogen-bond donors (Lipinski definition) is 3. The first-order valence-electron chi connectivity index (χ1n) is 16.2. The number of ether oxygens (including phenoxy) is 1. The molecule has 4 saturated carbocycles. The van der Waals surface area contributed by atoms with E-state index in [2.05, 4.69) is 29.1 Å². The lowest BCUT2D eigenvalue weighted by molar-refractivity contribution is -0.167. The number of imidazole rings is 1. The number of nitrogens with one attached hydrogen (secondary N) is 2. The van der Waals surface area contributed by atoms with Gasteiger partial charge >= 0.3 is 5.97 Å². The Balaban J connectivity index is 1.20. The quantitative estimate of drug-likeness (QED) is 0.361. The molecule has 4 aliphatic rings. The van der Waals surface area contributed by atoms with E-state index >= 15 is 0 Å². The molecule has 0 aliphatic heterocycles. The zero-order chi connectivity index (χ0) is 29.5. The lowest BCUT2D eigenvalue weighted by Crippen LogP contribution is -2.55. The van der Waals surface area contributed by atoms with E-state index in [1.54, 1.807) is 19.4 Å². The van der Waals surface area contributed by atoms with Crippen LogP contribution in [0.1, 0.15) is 105 Å². The summed E-state index contributed by atoms with van der Waals surface area (Å²) in [5, 5.41) is 2.91. The fourth-order valence-corrected chi connectivity index (χ4v) is 9.88. The maximum absolute atomic E-state index is 13.5. The Bertz CT molecular complexity index is 1110. The molecule has 11 atom stereocenters. The number of nitrogens with zero attached hydrogens (tertiary/aromatic N) is 1. The molecule has 8 nitrogen and oxygen atoms in total. The second kappa shape index (κ2) is 11.8. The maximum Gasteiger partial charge on any atom is 0.329 e. The van der Waals surface area contributed by atoms with Crippen LogP contribution < -0.4 is 11.1 Å². The molecule has 4 N–H and O–H groups in total.